The van der Waals surface area contributed by atoms with Gasteiger partial charge in [0.1, 0.15) is 0 Å². The fraction of sp³-hybridized carbons (Fsp3) is 1.00. The van der Waals surface area contributed by atoms with E-state index in [1.54, 1.807) is 0 Å². The monoisotopic (exact) mass is 98.0 g/mol. The first-order chi connectivity index (χ1) is 2.89. The standard InChI is InChI=1S/C4H8NSi/c6-4-2-1-3-5-4/h4-5H,1-3H2. The number of hydrogen-bond acceptors (Lipinski definition) is 1. The van der Waals surface area contributed by atoms with E-state index in [0.717, 1.165) is 0 Å². The van der Waals surface area contributed by atoms with Crippen molar-refractivity contribution in [2.24, 2.45) is 0 Å². The van der Waals surface area contributed by atoms with Crippen molar-refractivity contribution in [2.45, 2.75) is 18.5 Å². The minimum absolute atomic E-state index is 0.602. The highest BCUT2D eigenvalue weighted by Crippen LogP contribution is 1.98. The predicted molar refractivity (Wildman–Crippen MR) is 26.8 cm³/mol. The Morgan fingerprint density at radius 2 is 2.50 bits per heavy atom. The zero-order valence-electron chi connectivity index (χ0n) is 3.70. The Morgan fingerprint density at radius 3 is 2.67 bits per heavy atom. The molecule has 0 spiro atoms. The minimum atomic E-state index is 0.602. The predicted octanol–water partition coefficient (Wildman–Crippen LogP) is -0.136. The summed E-state index contributed by atoms with van der Waals surface area (Å²) < 4.78 is 0. The maximum atomic E-state index is 3.47. The molecule has 1 fully saturated rings. The van der Waals surface area contributed by atoms with Crippen molar-refractivity contribution in [1.82, 2.24) is 5.32 Å². The topological polar surface area (TPSA) is 12.0 Å². The van der Waals surface area contributed by atoms with Crippen LogP contribution in [-0.2, 0) is 0 Å². The largest absolute Gasteiger partial charge is 0.317 e. The van der Waals surface area contributed by atoms with Gasteiger partial charge in [0, 0.05) is 10.2 Å². The van der Waals surface area contributed by atoms with Crippen molar-refractivity contribution in [3.8, 4) is 0 Å². The molecule has 0 aromatic rings. The second-order valence-electron chi connectivity index (χ2n) is 1.65. The van der Waals surface area contributed by atoms with Gasteiger partial charge >= 0.3 is 0 Å². The van der Waals surface area contributed by atoms with E-state index in [9.17, 15) is 0 Å². The lowest BCUT2D eigenvalue weighted by atomic mass is 10.4. The van der Waals surface area contributed by atoms with Crippen LogP contribution in [0.15, 0.2) is 0 Å². The first-order valence-electron chi connectivity index (χ1n) is 2.34. The molecule has 1 aliphatic heterocycles. The van der Waals surface area contributed by atoms with Crippen LogP contribution in [0.1, 0.15) is 12.8 Å². The molecule has 1 unspecified atom stereocenters. The minimum Gasteiger partial charge on any atom is -0.317 e. The van der Waals surface area contributed by atoms with E-state index in [1.165, 1.54) is 19.4 Å². The van der Waals surface area contributed by atoms with Crippen LogP contribution >= 0.6 is 0 Å². The van der Waals surface area contributed by atoms with Crippen LogP contribution in [0.4, 0.5) is 0 Å². The quantitative estimate of drug-likeness (QED) is 0.416. The number of rotatable bonds is 0. The Kier molecular flexibility index (Phi) is 1.27. The molecule has 1 nitrogen and oxygen atoms in total. The summed E-state index contributed by atoms with van der Waals surface area (Å²) in [5.41, 5.74) is 0.602. The fourth-order valence-corrected chi connectivity index (χ4v) is 1.03. The summed E-state index contributed by atoms with van der Waals surface area (Å²) in [5.74, 6) is 0. The van der Waals surface area contributed by atoms with Gasteiger partial charge in [0.2, 0.25) is 0 Å². The van der Waals surface area contributed by atoms with Gasteiger partial charge in [0.05, 0.1) is 0 Å². The van der Waals surface area contributed by atoms with Crippen LogP contribution in [0, 0.1) is 0 Å². The van der Waals surface area contributed by atoms with Crippen LogP contribution in [0.5, 0.6) is 0 Å². The first kappa shape index (κ1) is 4.34. The van der Waals surface area contributed by atoms with Gasteiger partial charge in [-0.3, -0.25) is 0 Å². The zero-order valence-corrected chi connectivity index (χ0v) is 4.70. The fourth-order valence-electron chi connectivity index (χ4n) is 0.685. The zero-order chi connectivity index (χ0) is 4.41. The van der Waals surface area contributed by atoms with E-state index in [2.05, 4.69) is 15.6 Å². The molecule has 1 rings (SSSR count). The Labute approximate surface area is 41.5 Å². The van der Waals surface area contributed by atoms with Crippen LogP contribution in [0.2, 0.25) is 0 Å². The van der Waals surface area contributed by atoms with Crippen molar-refractivity contribution in [3.05, 3.63) is 0 Å². The molecule has 0 amide bonds. The lowest BCUT2D eigenvalue weighted by molar-refractivity contribution is 0.794. The third-order valence-corrected chi connectivity index (χ3v) is 1.55. The van der Waals surface area contributed by atoms with Crippen LogP contribution in [0.25, 0.3) is 0 Å². The molecule has 3 radical (unpaired) electrons. The lowest BCUT2D eigenvalue weighted by Crippen LogP contribution is -2.20. The summed E-state index contributed by atoms with van der Waals surface area (Å²) in [6.07, 6.45) is 2.62. The van der Waals surface area contributed by atoms with Crippen molar-refractivity contribution in [1.29, 1.82) is 0 Å². The van der Waals surface area contributed by atoms with E-state index < -0.39 is 0 Å². The summed E-state index contributed by atoms with van der Waals surface area (Å²) >= 11 is 0. The maximum absolute atomic E-state index is 3.47. The molecule has 1 atom stereocenters. The van der Waals surface area contributed by atoms with Gasteiger partial charge in [-0.25, -0.2) is 0 Å². The molecule has 0 saturated carbocycles. The second-order valence-corrected chi connectivity index (χ2v) is 2.35. The summed E-state index contributed by atoms with van der Waals surface area (Å²) in [7, 11) is 3.47. The molecule has 1 heterocycles. The molecule has 0 bridgehead atoms. The summed E-state index contributed by atoms with van der Waals surface area (Å²) in [6, 6.07) is 0. The molecule has 2 heteroatoms. The third kappa shape index (κ3) is 0.818. The van der Waals surface area contributed by atoms with Crippen LogP contribution in [-0.4, -0.2) is 22.5 Å². The molecular formula is C4H8NSi. The van der Waals surface area contributed by atoms with Crippen molar-refractivity contribution in [3.63, 3.8) is 0 Å². The SMILES string of the molecule is [Si]C1CCCN1. The van der Waals surface area contributed by atoms with Gasteiger partial charge in [-0.1, -0.05) is 0 Å². The van der Waals surface area contributed by atoms with E-state index in [4.69, 9.17) is 0 Å². The van der Waals surface area contributed by atoms with E-state index in [-0.39, 0.29) is 0 Å². The van der Waals surface area contributed by atoms with Gasteiger partial charge < -0.3 is 5.32 Å². The molecular weight excluding hydrogens is 90.1 g/mol. The molecule has 0 aromatic carbocycles. The summed E-state index contributed by atoms with van der Waals surface area (Å²) in [5, 5.41) is 3.23. The molecule has 0 aromatic heterocycles. The molecule has 0 aliphatic carbocycles. The van der Waals surface area contributed by atoms with E-state index in [1.807, 2.05) is 0 Å². The Bertz CT molecular complexity index is 40.8. The highest BCUT2D eigenvalue weighted by atomic mass is 28.1. The second kappa shape index (κ2) is 1.75. The van der Waals surface area contributed by atoms with Gasteiger partial charge in [0.25, 0.3) is 0 Å². The smallest absolute Gasteiger partial charge is 0.0476 e. The van der Waals surface area contributed by atoms with Crippen molar-refractivity contribution >= 4 is 10.2 Å². The third-order valence-electron chi connectivity index (χ3n) is 1.06. The molecule has 1 saturated heterocycles. The van der Waals surface area contributed by atoms with E-state index >= 15 is 0 Å². The van der Waals surface area contributed by atoms with Crippen LogP contribution < -0.4 is 5.32 Å². The van der Waals surface area contributed by atoms with Crippen molar-refractivity contribution in [2.75, 3.05) is 6.54 Å². The van der Waals surface area contributed by atoms with Gasteiger partial charge in [-0.05, 0) is 25.1 Å². The van der Waals surface area contributed by atoms with Gasteiger partial charge in [0.15, 0.2) is 0 Å². The Hall–Kier alpha value is 0.177. The highest BCUT2D eigenvalue weighted by Gasteiger charge is 2.05. The van der Waals surface area contributed by atoms with Crippen molar-refractivity contribution < 1.29 is 0 Å². The summed E-state index contributed by atoms with van der Waals surface area (Å²) in [6.45, 7) is 1.19. The highest BCUT2D eigenvalue weighted by molar-refractivity contribution is 6.11. The molecule has 6 heavy (non-hydrogen) atoms. The summed E-state index contributed by atoms with van der Waals surface area (Å²) in [4.78, 5) is 0. The first-order valence-corrected chi connectivity index (χ1v) is 2.92. The van der Waals surface area contributed by atoms with Gasteiger partial charge in [-0.15, -0.1) is 0 Å². The maximum Gasteiger partial charge on any atom is 0.0476 e. The molecule has 1 aliphatic rings. The van der Waals surface area contributed by atoms with Gasteiger partial charge in [-0.2, -0.15) is 0 Å². The molecule has 1 N–H and O–H groups in total. The average molecular weight is 98.2 g/mol. The number of nitrogens with one attached hydrogen (secondary N) is 1. The Morgan fingerprint density at radius 1 is 1.67 bits per heavy atom. The normalized spacial score (nSPS) is 34.5. The van der Waals surface area contributed by atoms with Crippen LogP contribution in [0.3, 0.4) is 0 Å². The Balaban J connectivity index is 2.18. The lowest BCUT2D eigenvalue weighted by Gasteiger charge is -1.94. The van der Waals surface area contributed by atoms with E-state index in [0.29, 0.717) is 5.67 Å². The average Bonchev–Trinajstić information content (AvgIpc) is 1.86. The number of hydrogen-bond donors (Lipinski definition) is 1. The molecule has 33 valence electrons.